The summed E-state index contributed by atoms with van der Waals surface area (Å²) in [6.07, 6.45) is 0.904. The maximum absolute atomic E-state index is 6.02. The maximum Gasteiger partial charge on any atom is 0.124 e. The van der Waals surface area contributed by atoms with Crippen molar-refractivity contribution in [3.63, 3.8) is 0 Å². The van der Waals surface area contributed by atoms with Gasteiger partial charge in [0.15, 0.2) is 0 Å². The third kappa shape index (κ3) is 5.28. The largest absolute Gasteiger partial charge is 0.494 e. The highest BCUT2D eigenvalue weighted by atomic mass is 16.5. The van der Waals surface area contributed by atoms with Gasteiger partial charge in [0, 0.05) is 24.2 Å². The standard InChI is InChI=1S/C23H25NO2/c1-2-25-22-14-12-21(13-15-22)24-18-20-10-6-7-11-23(20)26-17-16-19-8-4-3-5-9-19/h3-15,24H,2,16-18H2,1H3. The van der Waals surface area contributed by atoms with Gasteiger partial charge in [-0.1, -0.05) is 48.5 Å². The van der Waals surface area contributed by atoms with Gasteiger partial charge in [-0.3, -0.25) is 0 Å². The van der Waals surface area contributed by atoms with Crippen LogP contribution < -0.4 is 14.8 Å². The van der Waals surface area contributed by atoms with Crippen molar-refractivity contribution in [3.8, 4) is 11.5 Å². The van der Waals surface area contributed by atoms with Gasteiger partial charge in [-0.2, -0.15) is 0 Å². The summed E-state index contributed by atoms with van der Waals surface area (Å²) in [6, 6.07) is 26.6. The van der Waals surface area contributed by atoms with E-state index in [1.807, 2.05) is 55.5 Å². The summed E-state index contributed by atoms with van der Waals surface area (Å²) < 4.78 is 11.5. The molecule has 0 amide bonds. The molecule has 3 nitrogen and oxygen atoms in total. The van der Waals surface area contributed by atoms with E-state index in [9.17, 15) is 0 Å². The molecule has 0 heterocycles. The van der Waals surface area contributed by atoms with E-state index in [1.54, 1.807) is 0 Å². The molecule has 0 aromatic heterocycles. The molecule has 0 saturated heterocycles. The second-order valence-electron chi connectivity index (χ2n) is 6.00. The molecule has 0 fully saturated rings. The van der Waals surface area contributed by atoms with E-state index >= 15 is 0 Å². The van der Waals surface area contributed by atoms with E-state index in [4.69, 9.17) is 9.47 Å². The third-order valence-electron chi connectivity index (χ3n) is 4.11. The third-order valence-corrected chi connectivity index (χ3v) is 4.11. The molecule has 0 aliphatic carbocycles. The average molecular weight is 347 g/mol. The van der Waals surface area contributed by atoms with Crippen LogP contribution in [0.25, 0.3) is 0 Å². The number of rotatable bonds is 9. The Labute approximate surface area is 155 Å². The van der Waals surface area contributed by atoms with Gasteiger partial charge in [0.05, 0.1) is 13.2 Å². The zero-order chi connectivity index (χ0) is 18.0. The summed E-state index contributed by atoms with van der Waals surface area (Å²) in [4.78, 5) is 0. The first-order chi connectivity index (χ1) is 12.8. The molecule has 0 atom stereocenters. The number of hydrogen-bond acceptors (Lipinski definition) is 3. The van der Waals surface area contributed by atoms with Crippen molar-refractivity contribution in [2.75, 3.05) is 18.5 Å². The second kappa shape index (κ2) is 9.52. The molecule has 3 rings (SSSR count). The zero-order valence-electron chi connectivity index (χ0n) is 15.2. The molecule has 0 saturated carbocycles. The van der Waals surface area contributed by atoms with E-state index in [0.717, 1.165) is 35.7 Å². The molecule has 0 radical (unpaired) electrons. The SMILES string of the molecule is CCOc1ccc(NCc2ccccc2OCCc2ccccc2)cc1. The van der Waals surface area contributed by atoms with Crippen LogP contribution in [0.2, 0.25) is 0 Å². The highest BCUT2D eigenvalue weighted by molar-refractivity contribution is 5.48. The van der Waals surface area contributed by atoms with Crippen LogP contribution in [0.5, 0.6) is 11.5 Å². The molecule has 3 aromatic rings. The van der Waals surface area contributed by atoms with E-state index in [2.05, 4.69) is 35.6 Å². The average Bonchev–Trinajstić information content (AvgIpc) is 2.69. The molecule has 0 unspecified atom stereocenters. The first kappa shape index (κ1) is 17.9. The minimum Gasteiger partial charge on any atom is -0.494 e. The second-order valence-corrected chi connectivity index (χ2v) is 6.00. The smallest absolute Gasteiger partial charge is 0.124 e. The monoisotopic (exact) mass is 347 g/mol. The van der Waals surface area contributed by atoms with Gasteiger partial charge >= 0.3 is 0 Å². The molecular formula is C23H25NO2. The van der Waals surface area contributed by atoms with Crippen LogP contribution in [0.3, 0.4) is 0 Å². The lowest BCUT2D eigenvalue weighted by atomic mass is 10.1. The first-order valence-electron chi connectivity index (χ1n) is 9.06. The highest BCUT2D eigenvalue weighted by Crippen LogP contribution is 2.21. The minimum absolute atomic E-state index is 0.671. The maximum atomic E-state index is 6.02. The van der Waals surface area contributed by atoms with Gasteiger partial charge in [-0.05, 0) is 42.8 Å². The molecular weight excluding hydrogens is 322 g/mol. The number of ether oxygens (including phenoxy) is 2. The van der Waals surface area contributed by atoms with Crippen molar-refractivity contribution in [2.45, 2.75) is 19.9 Å². The topological polar surface area (TPSA) is 30.5 Å². The summed E-state index contributed by atoms with van der Waals surface area (Å²) in [7, 11) is 0. The fraction of sp³-hybridized carbons (Fsp3) is 0.217. The fourth-order valence-electron chi connectivity index (χ4n) is 2.75. The van der Waals surface area contributed by atoms with Crippen LogP contribution in [0, 0.1) is 0 Å². The lowest BCUT2D eigenvalue weighted by molar-refractivity contribution is 0.319. The van der Waals surface area contributed by atoms with Gasteiger partial charge in [0.25, 0.3) is 0 Å². The number of nitrogens with one attached hydrogen (secondary N) is 1. The van der Waals surface area contributed by atoms with Crippen LogP contribution in [0.15, 0.2) is 78.9 Å². The van der Waals surface area contributed by atoms with Crippen molar-refractivity contribution in [2.24, 2.45) is 0 Å². The summed E-state index contributed by atoms with van der Waals surface area (Å²) >= 11 is 0. The Morgan fingerprint density at radius 2 is 1.50 bits per heavy atom. The lowest BCUT2D eigenvalue weighted by Gasteiger charge is -2.13. The number of benzene rings is 3. The van der Waals surface area contributed by atoms with Crippen LogP contribution in [-0.4, -0.2) is 13.2 Å². The Balaban J connectivity index is 1.54. The summed E-state index contributed by atoms with van der Waals surface area (Å²) in [5.41, 5.74) is 3.50. The summed E-state index contributed by atoms with van der Waals surface area (Å²) in [5.74, 6) is 1.82. The van der Waals surface area contributed by atoms with Crippen LogP contribution in [-0.2, 0) is 13.0 Å². The Kier molecular flexibility index (Phi) is 6.54. The van der Waals surface area contributed by atoms with E-state index in [-0.39, 0.29) is 0 Å². The Hall–Kier alpha value is -2.94. The zero-order valence-corrected chi connectivity index (χ0v) is 15.2. The lowest BCUT2D eigenvalue weighted by Crippen LogP contribution is -2.06. The molecule has 0 aliphatic rings. The van der Waals surface area contributed by atoms with Gasteiger partial charge in [0.1, 0.15) is 11.5 Å². The van der Waals surface area contributed by atoms with Gasteiger partial charge in [-0.25, -0.2) is 0 Å². The van der Waals surface area contributed by atoms with Crippen molar-refractivity contribution in [3.05, 3.63) is 90.0 Å². The van der Waals surface area contributed by atoms with E-state index < -0.39 is 0 Å². The Morgan fingerprint density at radius 3 is 2.27 bits per heavy atom. The van der Waals surface area contributed by atoms with Crippen molar-refractivity contribution >= 4 is 5.69 Å². The molecule has 26 heavy (non-hydrogen) atoms. The molecule has 0 spiro atoms. The van der Waals surface area contributed by atoms with Gasteiger partial charge in [-0.15, -0.1) is 0 Å². The predicted molar refractivity (Wildman–Crippen MR) is 107 cm³/mol. The molecule has 0 aliphatic heterocycles. The summed E-state index contributed by atoms with van der Waals surface area (Å²) in [6.45, 7) is 4.06. The molecule has 1 N–H and O–H groups in total. The van der Waals surface area contributed by atoms with Crippen LogP contribution in [0.4, 0.5) is 5.69 Å². The Morgan fingerprint density at radius 1 is 0.769 bits per heavy atom. The number of para-hydroxylation sites is 1. The quantitative estimate of drug-likeness (QED) is 0.568. The number of anilines is 1. The minimum atomic E-state index is 0.671. The van der Waals surface area contributed by atoms with Crippen molar-refractivity contribution < 1.29 is 9.47 Å². The highest BCUT2D eigenvalue weighted by Gasteiger charge is 2.04. The first-order valence-corrected chi connectivity index (χ1v) is 9.06. The molecule has 134 valence electrons. The Bertz CT molecular complexity index is 785. The molecule has 3 heteroatoms. The molecule has 0 bridgehead atoms. The number of hydrogen-bond donors (Lipinski definition) is 1. The van der Waals surface area contributed by atoms with Gasteiger partial charge in [0.2, 0.25) is 0 Å². The van der Waals surface area contributed by atoms with Crippen LogP contribution >= 0.6 is 0 Å². The summed E-state index contributed by atoms with van der Waals surface area (Å²) in [5, 5.41) is 3.44. The molecule has 3 aromatic carbocycles. The van der Waals surface area contributed by atoms with Crippen LogP contribution in [0.1, 0.15) is 18.1 Å². The van der Waals surface area contributed by atoms with Gasteiger partial charge < -0.3 is 14.8 Å². The van der Waals surface area contributed by atoms with E-state index in [1.165, 1.54) is 5.56 Å². The normalized spacial score (nSPS) is 10.3. The van der Waals surface area contributed by atoms with E-state index in [0.29, 0.717) is 13.2 Å². The van der Waals surface area contributed by atoms with Crippen molar-refractivity contribution in [1.82, 2.24) is 0 Å². The fourth-order valence-corrected chi connectivity index (χ4v) is 2.75. The predicted octanol–water partition coefficient (Wildman–Crippen LogP) is 5.32. The van der Waals surface area contributed by atoms with Crippen molar-refractivity contribution in [1.29, 1.82) is 0 Å².